The predicted octanol–water partition coefficient (Wildman–Crippen LogP) is 2.20. The van der Waals surface area contributed by atoms with Gasteiger partial charge in [0.25, 0.3) is 6.43 Å². The number of hydrogen-bond acceptors (Lipinski definition) is 2. The van der Waals surface area contributed by atoms with Gasteiger partial charge in [-0.2, -0.15) is 0 Å². The van der Waals surface area contributed by atoms with E-state index in [1.54, 1.807) is 19.2 Å². The maximum atomic E-state index is 12.2. The van der Waals surface area contributed by atoms with Crippen molar-refractivity contribution in [1.29, 1.82) is 0 Å². The fraction of sp³-hybridized carbons (Fsp3) is 0.250. The van der Waals surface area contributed by atoms with Crippen molar-refractivity contribution in [3.8, 4) is 0 Å². The van der Waals surface area contributed by atoms with E-state index in [9.17, 15) is 8.78 Å². The van der Waals surface area contributed by atoms with Gasteiger partial charge in [0.2, 0.25) is 0 Å². The number of nitrogens with zero attached hydrogens (tertiary/aromatic N) is 2. The molecule has 5 heteroatoms. The molecule has 0 aliphatic heterocycles. The Labute approximate surface area is 72.8 Å². The number of aromatic nitrogens is 3. The van der Waals surface area contributed by atoms with Crippen molar-refractivity contribution in [2.24, 2.45) is 0 Å². The number of imidazole rings is 1. The molecule has 3 nitrogen and oxygen atoms in total. The molecule has 0 bridgehead atoms. The minimum atomic E-state index is -2.58. The van der Waals surface area contributed by atoms with E-state index in [0.29, 0.717) is 11.2 Å². The van der Waals surface area contributed by atoms with Crippen LogP contribution in [0.2, 0.25) is 0 Å². The van der Waals surface area contributed by atoms with Crippen LogP contribution in [-0.2, 0) is 0 Å². The van der Waals surface area contributed by atoms with Gasteiger partial charge in [0.15, 0.2) is 11.5 Å². The summed E-state index contributed by atoms with van der Waals surface area (Å²) in [6.07, 6.45) is -1.01. The second-order valence-electron chi connectivity index (χ2n) is 2.75. The number of fused-ring (bicyclic) bond motifs is 1. The van der Waals surface area contributed by atoms with Crippen LogP contribution < -0.4 is 0 Å². The van der Waals surface area contributed by atoms with Gasteiger partial charge >= 0.3 is 0 Å². The molecule has 0 fully saturated rings. The molecule has 68 valence electrons. The van der Waals surface area contributed by atoms with Crippen molar-refractivity contribution in [3.63, 3.8) is 0 Å². The molecule has 1 N–H and O–H groups in total. The molecule has 0 aromatic carbocycles. The van der Waals surface area contributed by atoms with Crippen molar-refractivity contribution < 1.29 is 8.78 Å². The van der Waals surface area contributed by atoms with Gasteiger partial charge in [0.1, 0.15) is 5.52 Å². The van der Waals surface area contributed by atoms with E-state index in [2.05, 4.69) is 15.0 Å². The Balaban J connectivity index is 2.68. The molecule has 0 unspecified atom stereocenters. The molecule has 2 heterocycles. The molecule has 2 aromatic heterocycles. The highest BCUT2D eigenvalue weighted by atomic mass is 19.3. The molecule has 2 aromatic rings. The lowest BCUT2D eigenvalue weighted by Crippen LogP contribution is -1.85. The molecular weight excluding hydrogens is 176 g/mol. The second kappa shape index (κ2) is 2.76. The fourth-order valence-corrected chi connectivity index (χ4v) is 1.16. The van der Waals surface area contributed by atoms with Crippen LogP contribution >= 0.6 is 0 Å². The van der Waals surface area contributed by atoms with Crippen LogP contribution in [0.15, 0.2) is 12.3 Å². The Morgan fingerprint density at radius 2 is 2.23 bits per heavy atom. The topological polar surface area (TPSA) is 41.6 Å². The number of nitrogens with one attached hydrogen (secondary N) is 1. The zero-order valence-electron chi connectivity index (χ0n) is 6.88. The van der Waals surface area contributed by atoms with E-state index in [1.165, 1.54) is 0 Å². The van der Waals surface area contributed by atoms with Crippen molar-refractivity contribution in [2.45, 2.75) is 13.3 Å². The third kappa shape index (κ3) is 1.26. The van der Waals surface area contributed by atoms with Gasteiger partial charge < -0.3 is 4.98 Å². The Hall–Kier alpha value is -1.52. The zero-order chi connectivity index (χ0) is 9.42. The molecule has 0 spiro atoms. The minimum Gasteiger partial charge on any atom is -0.322 e. The van der Waals surface area contributed by atoms with E-state index in [1.807, 2.05) is 0 Å². The van der Waals surface area contributed by atoms with Crippen LogP contribution in [-0.4, -0.2) is 15.0 Å². The first-order valence-electron chi connectivity index (χ1n) is 3.78. The summed E-state index contributed by atoms with van der Waals surface area (Å²) in [6, 6.07) is 1.73. The summed E-state index contributed by atoms with van der Waals surface area (Å²) in [5.74, 6) is -0.322. The minimum absolute atomic E-state index is 0.322. The van der Waals surface area contributed by atoms with Crippen LogP contribution in [0.25, 0.3) is 11.2 Å². The van der Waals surface area contributed by atoms with Crippen LogP contribution in [0.4, 0.5) is 8.78 Å². The average Bonchev–Trinajstić information content (AvgIpc) is 2.49. The number of aromatic amines is 1. The Morgan fingerprint density at radius 3 is 2.85 bits per heavy atom. The lowest BCUT2D eigenvalue weighted by Gasteiger charge is -1.89. The Morgan fingerprint density at radius 1 is 1.46 bits per heavy atom. The van der Waals surface area contributed by atoms with Gasteiger partial charge in [0, 0.05) is 6.20 Å². The number of pyridine rings is 1. The fourth-order valence-electron chi connectivity index (χ4n) is 1.16. The van der Waals surface area contributed by atoms with Gasteiger partial charge in [-0.3, -0.25) is 0 Å². The summed E-state index contributed by atoms with van der Waals surface area (Å²) in [5, 5.41) is 0. The lowest BCUT2D eigenvalue weighted by molar-refractivity contribution is 0.142. The summed E-state index contributed by atoms with van der Waals surface area (Å²) >= 11 is 0. The van der Waals surface area contributed by atoms with Crippen molar-refractivity contribution >= 4 is 11.2 Å². The predicted molar refractivity (Wildman–Crippen MR) is 43.6 cm³/mol. The number of halogens is 2. The third-order valence-corrected chi connectivity index (χ3v) is 1.81. The largest absolute Gasteiger partial charge is 0.322 e. The maximum absolute atomic E-state index is 12.2. The standard InChI is InChI=1S/C8H7F2N3/c1-4-2-3-11-7-5(4)12-8(13-7)6(9)10/h2-3,6H,1H3,(H,11,12,13). The lowest BCUT2D eigenvalue weighted by atomic mass is 10.3. The zero-order valence-corrected chi connectivity index (χ0v) is 6.88. The van der Waals surface area contributed by atoms with Gasteiger partial charge in [0.05, 0.1) is 0 Å². The summed E-state index contributed by atoms with van der Waals surface area (Å²) in [5.41, 5.74) is 1.77. The molecule has 0 saturated heterocycles. The van der Waals surface area contributed by atoms with Crippen molar-refractivity contribution in [1.82, 2.24) is 15.0 Å². The molecule has 0 atom stereocenters. The van der Waals surface area contributed by atoms with Gasteiger partial charge in [-0.1, -0.05) is 0 Å². The van der Waals surface area contributed by atoms with Crippen LogP contribution in [0.3, 0.4) is 0 Å². The first kappa shape index (κ1) is 8.10. The molecule has 13 heavy (non-hydrogen) atoms. The highest BCUT2D eigenvalue weighted by molar-refractivity contribution is 5.74. The Bertz CT molecular complexity index is 436. The molecular formula is C8H7F2N3. The van der Waals surface area contributed by atoms with Gasteiger partial charge in [-0.05, 0) is 18.6 Å². The van der Waals surface area contributed by atoms with Crippen LogP contribution in [0.1, 0.15) is 17.8 Å². The first-order chi connectivity index (χ1) is 6.18. The highest BCUT2D eigenvalue weighted by Crippen LogP contribution is 2.19. The Kier molecular flexibility index (Phi) is 1.72. The van der Waals surface area contributed by atoms with E-state index >= 15 is 0 Å². The second-order valence-corrected chi connectivity index (χ2v) is 2.75. The monoisotopic (exact) mass is 183 g/mol. The number of aryl methyl sites for hydroxylation is 1. The summed E-state index contributed by atoms with van der Waals surface area (Å²) in [7, 11) is 0. The maximum Gasteiger partial charge on any atom is 0.295 e. The van der Waals surface area contributed by atoms with E-state index in [0.717, 1.165) is 5.56 Å². The average molecular weight is 183 g/mol. The van der Waals surface area contributed by atoms with Crippen molar-refractivity contribution in [2.75, 3.05) is 0 Å². The first-order valence-corrected chi connectivity index (χ1v) is 3.78. The molecule has 2 rings (SSSR count). The highest BCUT2D eigenvalue weighted by Gasteiger charge is 2.13. The number of alkyl halides is 2. The number of H-pyrrole nitrogens is 1. The molecule has 0 amide bonds. The van der Waals surface area contributed by atoms with E-state index < -0.39 is 6.43 Å². The van der Waals surface area contributed by atoms with Crippen LogP contribution in [0.5, 0.6) is 0 Å². The summed E-state index contributed by atoms with van der Waals surface area (Å²) in [6.45, 7) is 1.81. The normalized spacial score (nSPS) is 11.4. The quantitative estimate of drug-likeness (QED) is 0.736. The molecule has 0 saturated carbocycles. The van der Waals surface area contributed by atoms with Crippen LogP contribution in [0, 0.1) is 6.92 Å². The molecule has 0 aliphatic rings. The number of rotatable bonds is 1. The van der Waals surface area contributed by atoms with E-state index in [4.69, 9.17) is 0 Å². The summed E-state index contributed by atoms with van der Waals surface area (Å²) < 4.78 is 24.4. The summed E-state index contributed by atoms with van der Waals surface area (Å²) in [4.78, 5) is 10.1. The van der Waals surface area contributed by atoms with Gasteiger partial charge in [-0.15, -0.1) is 0 Å². The van der Waals surface area contributed by atoms with E-state index in [-0.39, 0.29) is 5.82 Å². The van der Waals surface area contributed by atoms with Gasteiger partial charge in [-0.25, -0.2) is 18.7 Å². The number of hydrogen-bond donors (Lipinski definition) is 1. The molecule has 0 aliphatic carbocycles. The smallest absolute Gasteiger partial charge is 0.295 e. The third-order valence-electron chi connectivity index (χ3n) is 1.81. The SMILES string of the molecule is Cc1ccnc2[nH]c(C(F)F)nc12. The molecule has 0 radical (unpaired) electrons. The van der Waals surface area contributed by atoms with Crippen molar-refractivity contribution in [3.05, 3.63) is 23.7 Å².